The normalized spacial score (nSPS) is 20.5. The summed E-state index contributed by atoms with van der Waals surface area (Å²) in [5.74, 6) is 0.00136. The Hall–Kier alpha value is -1.85. The third-order valence-electron chi connectivity index (χ3n) is 4.90. The van der Waals surface area contributed by atoms with Crippen LogP contribution in [0.4, 0.5) is 0 Å². The second kappa shape index (κ2) is 7.81. The summed E-state index contributed by atoms with van der Waals surface area (Å²) in [5, 5.41) is 7.58. The fraction of sp³-hybridized carbons (Fsp3) is 0.722. The number of hydrogen-bond donors (Lipinski definition) is 2. The molecule has 0 unspecified atom stereocenters. The van der Waals surface area contributed by atoms with E-state index in [-0.39, 0.29) is 23.8 Å². The van der Waals surface area contributed by atoms with E-state index in [0.717, 1.165) is 42.8 Å². The van der Waals surface area contributed by atoms with Gasteiger partial charge in [-0.15, -0.1) is 0 Å². The van der Waals surface area contributed by atoms with Crippen molar-refractivity contribution in [3.05, 3.63) is 17.0 Å². The summed E-state index contributed by atoms with van der Waals surface area (Å²) in [6.45, 7) is 9.29. The van der Waals surface area contributed by atoms with Gasteiger partial charge in [-0.3, -0.25) is 14.3 Å². The minimum Gasteiger partial charge on any atom is -0.369 e. The molecule has 1 aliphatic carbocycles. The van der Waals surface area contributed by atoms with Crippen molar-refractivity contribution in [1.82, 2.24) is 15.1 Å². The highest BCUT2D eigenvalue weighted by molar-refractivity contribution is 5.81. The average molecular weight is 334 g/mol. The van der Waals surface area contributed by atoms with E-state index in [4.69, 9.17) is 5.73 Å². The lowest BCUT2D eigenvalue weighted by molar-refractivity contribution is -0.124. The first-order valence-corrected chi connectivity index (χ1v) is 8.91. The second-order valence-electron chi connectivity index (χ2n) is 7.34. The zero-order valence-electron chi connectivity index (χ0n) is 15.3. The number of nitrogens with zero attached hydrogens (tertiary/aromatic N) is 2. The van der Waals surface area contributed by atoms with E-state index in [9.17, 15) is 9.59 Å². The Morgan fingerprint density at radius 1 is 1.33 bits per heavy atom. The van der Waals surface area contributed by atoms with E-state index < -0.39 is 0 Å². The van der Waals surface area contributed by atoms with Crippen LogP contribution in [0.25, 0.3) is 0 Å². The molecule has 6 nitrogen and oxygen atoms in total. The Bertz CT molecular complexity index is 606. The van der Waals surface area contributed by atoms with E-state index in [2.05, 4.69) is 31.2 Å². The minimum atomic E-state index is -0.306. The highest BCUT2D eigenvalue weighted by Gasteiger charge is 2.32. The maximum atomic E-state index is 12.3. The number of carbonyl (C=O) groups excluding carboxylic acids is 2. The number of amides is 2. The van der Waals surface area contributed by atoms with Crippen LogP contribution >= 0.6 is 0 Å². The molecule has 0 bridgehead atoms. The first-order chi connectivity index (χ1) is 11.3. The SMILES string of the molecule is Cc1nn(CC(C)C)c(C)c1CCC(=O)N[C@H]1CCC[C@@H]1C(N)=O. The van der Waals surface area contributed by atoms with Crippen LogP contribution in [0.15, 0.2) is 0 Å². The molecule has 1 aliphatic rings. The Labute approximate surface area is 144 Å². The molecule has 1 aromatic heterocycles. The number of carbonyl (C=O) groups is 2. The Morgan fingerprint density at radius 3 is 2.67 bits per heavy atom. The number of aromatic nitrogens is 2. The molecule has 1 aromatic rings. The van der Waals surface area contributed by atoms with Gasteiger partial charge in [0.05, 0.1) is 11.6 Å². The van der Waals surface area contributed by atoms with Crippen LogP contribution in [-0.4, -0.2) is 27.6 Å². The standard InChI is InChI=1S/C18H30N4O2/c1-11(2)10-22-13(4)14(12(3)21-22)8-9-17(23)20-16-7-5-6-15(16)18(19)24/h11,15-16H,5-10H2,1-4H3,(H2,19,24)(H,20,23)/t15-,16-/m0/s1. The summed E-state index contributed by atoms with van der Waals surface area (Å²) in [7, 11) is 0. The third-order valence-corrected chi connectivity index (χ3v) is 4.90. The van der Waals surface area contributed by atoms with Gasteiger partial charge in [-0.1, -0.05) is 20.3 Å². The molecular weight excluding hydrogens is 304 g/mol. The van der Waals surface area contributed by atoms with E-state index in [0.29, 0.717) is 18.8 Å². The smallest absolute Gasteiger partial charge is 0.222 e. The molecule has 1 heterocycles. The molecule has 0 saturated heterocycles. The quantitative estimate of drug-likeness (QED) is 0.797. The van der Waals surface area contributed by atoms with Crippen LogP contribution in [0, 0.1) is 25.7 Å². The first-order valence-electron chi connectivity index (χ1n) is 8.91. The topological polar surface area (TPSA) is 90.0 Å². The summed E-state index contributed by atoms with van der Waals surface area (Å²) >= 11 is 0. The number of rotatable bonds is 7. The largest absolute Gasteiger partial charge is 0.369 e. The van der Waals surface area contributed by atoms with Crippen LogP contribution in [0.1, 0.15) is 56.5 Å². The summed E-state index contributed by atoms with van der Waals surface area (Å²) in [4.78, 5) is 23.7. The van der Waals surface area contributed by atoms with Crippen LogP contribution in [0.5, 0.6) is 0 Å². The zero-order valence-corrected chi connectivity index (χ0v) is 15.3. The first kappa shape index (κ1) is 18.5. The molecule has 134 valence electrons. The molecule has 6 heteroatoms. The molecule has 24 heavy (non-hydrogen) atoms. The molecule has 1 saturated carbocycles. The minimum absolute atomic E-state index is 0.0106. The fourth-order valence-electron chi connectivity index (χ4n) is 3.61. The summed E-state index contributed by atoms with van der Waals surface area (Å²) < 4.78 is 2.04. The van der Waals surface area contributed by atoms with Gasteiger partial charge >= 0.3 is 0 Å². The van der Waals surface area contributed by atoms with E-state index in [1.165, 1.54) is 0 Å². The van der Waals surface area contributed by atoms with Crippen molar-refractivity contribution < 1.29 is 9.59 Å². The summed E-state index contributed by atoms with van der Waals surface area (Å²) in [5.41, 5.74) is 8.71. The predicted octanol–water partition coefficient (Wildman–Crippen LogP) is 1.86. The average Bonchev–Trinajstić information content (AvgIpc) is 3.03. The van der Waals surface area contributed by atoms with Gasteiger partial charge in [0.2, 0.25) is 11.8 Å². The molecule has 2 amide bonds. The summed E-state index contributed by atoms with van der Waals surface area (Å²) in [6.07, 6.45) is 3.65. The Balaban J connectivity index is 1.92. The van der Waals surface area contributed by atoms with Crippen LogP contribution in [0.3, 0.4) is 0 Å². The lowest BCUT2D eigenvalue weighted by Crippen LogP contribution is -2.42. The molecule has 0 spiro atoms. The number of aryl methyl sites for hydroxylation is 1. The highest BCUT2D eigenvalue weighted by Crippen LogP contribution is 2.25. The van der Waals surface area contributed by atoms with Gasteiger partial charge < -0.3 is 11.1 Å². The molecule has 0 aromatic carbocycles. The molecule has 0 radical (unpaired) electrons. The van der Waals surface area contributed by atoms with Crippen molar-refractivity contribution in [2.45, 2.75) is 72.4 Å². The molecule has 2 rings (SSSR count). The van der Waals surface area contributed by atoms with Gasteiger partial charge in [0.25, 0.3) is 0 Å². The van der Waals surface area contributed by atoms with E-state index in [1.807, 2.05) is 11.6 Å². The van der Waals surface area contributed by atoms with Crippen molar-refractivity contribution >= 4 is 11.8 Å². The molecular formula is C18H30N4O2. The maximum Gasteiger partial charge on any atom is 0.222 e. The van der Waals surface area contributed by atoms with Crippen LogP contribution < -0.4 is 11.1 Å². The van der Waals surface area contributed by atoms with Crippen LogP contribution in [-0.2, 0) is 22.6 Å². The fourth-order valence-corrected chi connectivity index (χ4v) is 3.61. The maximum absolute atomic E-state index is 12.3. The molecule has 3 N–H and O–H groups in total. The van der Waals surface area contributed by atoms with Crippen molar-refractivity contribution in [1.29, 1.82) is 0 Å². The lowest BCUT2D eigenvalue weighted by atomic mass is 10.0. The Morgan fingerprint density at radius 2 is 2.04 bits per heavy atom. The molecule has 0 aliphatic heterocycles. The van der Waals surface area contributed by atoms with Gasteiger partial charge in [-0.2, -0.15) is 5.10 Å². The summed E-state index contributed by atoms with van der Waals surface area (Å²) in [6, 6.07) is -0.0964. The molecule has 1 fully saturated rings. The predicted molar refractivity (Wildman–Crippen MR) is 93.3 cm³/mol. The van der Waals surface area contributed by atoms with Crippen LogP contribution in [0.2, 0.25) is 0 Å². The monoisotopic (exact) mass is 334 g/mol. The Kier molecular flexibility index (Phi) is 6.02. The highest BCUT2D eigenvalue weighted by atomic mass is 16.2. The lowest BCUT2D eigenvalue weighted by Gasteiger charge is -2.18. The van der Waals surface area contributed by atoms with Crippen molar-refractivity contribution in [3.63, 3.8) is 0 Å². The number of nitrogens with one attached hydrogen (secondary N) is 1. The van der Waals surface area contributed by atoms with Gasteiger partial charge in [0.15, 0.2) is 0 Å². The van der Waals surface area contributed by atoms with Gasteiger partial charge in [-0.25, -0.2) is 0 Å². The van der Waals surface area contributed by atoms with Crippen molar-refractivity contribution in [3.8, 4) is 0 Å². The number of hydrogen-bond acceptors (Lipinski definition) is 3. The zero-order chi connectivity index (χ0) is 17.9. The van der Waals surface area contributed by atoms with Crippen molar-refractivity contribution in [2.75, 3.05) is 0 Å². The molecule has 2 atom stereocenters. The number of nitrogens with two attached hydrogens (primary N) is 1. The second-order valence-corrected chi connectivity index (χ2v) is 7.34. The van der Waals surface area contributed by atoms with Crippen molar-refractivity contribution in [2.24, 2.45) is 17.6 Å². The third kappa shape index (κ3) is 4.36. The van der Waals surface area contributed by atoms with Gasteiger partial charge in [0, 0.05) is 24.7 Å². The van der Waals surface area contributed by atoms with E-state index in [1.54, 1.807) is 0 Å². The van der Waals surface area contributed by atoms with Gasteiger partial charge in [0.1, 0.15) is 0 Å². The van der Waals surface area contributed by atoms with E-state index >= 15 is 0 Å². The number of primary amides is 1. The van der Waals surface area contributed by atoms with Gasteiger partial charge in [-0.05, 0) is 44.6 Å².